The molecule has 17 heavy (non-hydrogen) atoms. The van der Waals surface area contributed by atoms with Gasteiger partial charge in [0.15, 0.2) is 0 Å². The zero-order valence-electron chi connectivity index (χ0n) is 10.1. The van der Waals surface area contributed by atoms with Gasteiger partial charge in [-0.15, -0.1) is 0 Å². The molecule has 3 rings (SSSR count). The summed E-state index contributed by atoms with van der Waals surface area (Å²) in [7, 11) is 2.14. The van der Waals surface area contributed by atoms with Gasteiger partial charge in [0.25, 0.3) is 0 Å². The van der Waals surface area contributed by atoms with Crippen LogP contribution in [0, 0.1) is 5.92 Å². The van der Waals surface area contributed by atoms with Gasteiger partial charge in [-0.1, -0.05) is 0 Å². The van der Waals surface area contributed by atoms with Gasteiger partial charge in [0.1, 0.15) is 0 Å². The summed E-state index contributed by atoms with van der Waals surface area (Å²) in [5.41, 5.74) is 8.97. The molecule has 1 aliphatic rings. The normalized spacial score (nSPS) is 15.1. The molecule has 1 saturated carbocycles. The molecule has 0 spiro atoms. The van der Waals surface area contributed by atoms with Crippen LogP contribution in [-0.4, -0.2) is 18.6 Å². The van der Waals surface area contributed by atoms with Crippen molar-refractivity contribution < 1.29 is 0 Å². The molecule has 3 nitrogen and oxygen atoms in total. The van der Waals surface area contributed by atoms with Crippen LogP contribution in [0.25, 0.3) is 10.9 Å². The van der Waals surface area contributed by atoms with Crippen molar-refractivity contribution in [2.45, 2.75) is 12.8 Å². The van der Waals surface area contributed by atoms with E-state index in [0.29, 0.717) is 0 Å². The van der Waals surface area contributed by atoms with Crippen molar-refractivity contribution in [2.24, 2.45) is 5.92 Å². The Labute approximate surface area is 101 Å². The molecule has 0 saturated heterocycles. The number of rotatable bonds is 3. The van der Waals surface area contributed by atoms with Crippen LogP contribution < -0.4 is 10.6 Å². The maximum absolute atomic E-state index is 5.98. The van der Waals surface area contributed by atoms with E-state index in [4.69, 9.17) is 5.73 Å². The van der Waals surface area contributed by atoms with E-state index >= 15 is 0 Å². The van der Waals surface area contributed by atoms with Crippen LogP contribution in [0.15, 0.2) is 30.5 Å². The second-order valence-electron chi connectivity index (χ2n) is 4.90. The molecule has 0 bridgehead atoms. The Morgan fingerprint density at radius 3 is 2.94 bits per heavy atom. The molecule has 2 aromatic rings. The largest absolute Gasteiger partial charge is 0.398 e. The van der Waals surface area contributed by atoms with Crippen molar-refractivity contribution in [1.29, 1.82) is 0 Å². The Hall–Kier alpha value is -1.77. The van der Waals surface area contributed by atoms with Gasteiger partial charge in [-0.3, -0.25) is 4.98 Å². The lowest BCUT2D eigenvalue weighted by atomic mass is 10.1. The molecule has 0 radical (unpaired) electrons. The maximum Gasteiger partial charge on any atom is 0.0955 e. The van der Waals surface area contributed by atoms with Gasteiger partial charge in [0.2, 0.25) is 0 Å². The second kappa shape index (κ2) is 3.91. The number of fused-ring (bicyclic) bond motifs is 1. The summed E-state index contributed by atoms with van der Waals surface area (Å²) in [6.07, 6.45) is 4.56. The quantitative estimate of drug-likeness (QED) is 0.820. The molecule has 1 aromatic carbocycles. The highest BCUT2D eigenvalue weighted by Crippen LogP contribution is 2.33. The van der Waals surface area contributed by atoms with Crippen LogP contribution in [0.4, 0.5) is 11.4 Å². The Morgan fingerprint density at radius 1 is 1.35 bits per heavy atom. The van der Waals surface area contributed by atoms with Crippen LogP contribution >= 0.6 is 0 Å². The van der Waals surface area contributed by atoms with E-state index in [9.17, 15) is 0 Å². The van der Waals surface area contributed by atoms with Crippen LogP contribution in [-0.2, 0) is 0 Å². The standard InChI is InChI=1S/C14H17N3/c1-17(9-10-4-5-10)13-7-6-12(15)11-3-2-8-16-14(11)13/h2-3,6-8,10H,4-5,9,15H2,1H3. The second-order valence-corrected chi connectivity index (χ2v) is 4.90. The van der Waals surface area contributed by atoms with Gasteiger partial charge >= 0.3 is 0 Å². The fraction of sp³-hybridized carbons (Fsp3) is 0.357. The topological polar surface area (TPSA) is 42.1 Å². The predicted octanol–water partition coefficient (Wildman–Crippen LogP) is 2.66. The van der Waals surface area contributed by atoms with Crippen molar-refractivity contribution in [2.75, 3.05) is 24.2 Å². The molecule has 0 unspecified atom stereocenters. The summed E-state index contributed by atoms with van der Waals surface area (Å²) in [6.45, 7) is 1.12. The number of aromatic nitrogens is 1. The van der Waals surface area contributed by atoms with Gasteiger partial charge in [0, 0.05) is 30.9 Å². The first kappa shape index (κ1) is 10.4. The lowest BCUT2D eigenvalue weighted by Crippen LogP contribution is -2.20. The van der Waals surface area contributed by atoms with Gasteiger partial charge in [-0.05, 0) is 43.0 Å². The van der Waals surface area contributed by atoms with Gasteiger partial charge in [-0.25, -0.2) is 0 Å². The minimum Gasteiger partial charge on any atom is -0.398 e. The predicted molar refractivity (Wildman–Crippen MR) is 72.1 cm³/mol. The summed E-state index contributed by atoms with van der Waals surface area (Å²) >= 11 is 0. The molecule has 0 aliphatic heterocycles. The van der Waals surface area contributed by atoms with Crippen molar-refractivity contribution >= 4 is 22.3 Å². The number of pyridine rings is 1. The van der Waals surface area contributed by atoms with E-state index in [-0.39, 0.29) is 0 Å². The Balaban J connectivity index is 2.05. The molecule has 1 fully saturated rings. The minimum atomic E-state index is 0.802. The number of anilines is 2. The van der Waals surface area contributed by atoms with E-state index in [1.165, 1.54) is 18.5 Å². The Morgan fingerprint density at radius 2 is 2.18 bits per heavy atom. The number of nitrogens with zero attached hydrogens (tertiary/aromatic N) is 2. The molecule has 0 amide bonds. The average molecular weight is 227 g/mol. The first-order valence-electron chi connectivity index (χ1n) is 6.10. The number of hydrogen-bond acceptors (Lipinski definition) is 3. The van der Waals surface area contributed by atoms with Gasteiger partial charge < -0.3 is 10.6 Å². The monoisotopic (exact) mass is 227 g/mol. The molecular weight excluding hydrogens is 210 g/mol. The van der Waals surface area contributed by atoms with Crippen LogP contribution in [0.1, 0.15) is 12.8 Å². The third-order valence-electron chi connectivity index (χ3n) is 3.42. The smallest absolute Gasteiger partial charge is 0.0955 e. The summed E-state index contributed by atoms with van der Waals surface area (Å²) in [5.74, 6) is 0.872. The molecule has 2 N–H and O–H groups in total. The highest BCUT2D eigenvalue weighted by atomic mass is 15.1. The zero-order chi connectivity index (χ0) is 11.8. The molecular formula is C14H17N3. The third kappa shape index (κ3) is 1.93. The molecule has 1 aliphatic carbocycles. The minimum absolute atomic E-state index is 0.802. The third-order valence-corrected chi connectivity index (χ3v) is 3.42. The lowest BCUT2D eigenvalue weighted by Gasteiger charge is -2.20. The SMILES string of the molecule is CN(CC1CC1)c1ccc(N)c2cccnc12. The number of nitrogen functional groups attached to an aromatic ring is 1. The maximum atomic E-state index is 5.98. The lowest BCUT2D eigenvalue weighted by molar-refractivity contribution is 0.789. The Kier molecular flexibility index (Phi) is 2.39. The average Bonchev–Trinajstić information content (AvgIpc) is 3.14. The molecule has 88 valence electrons. The van der Waals surface area contributed by atoms with E-state index in [1.54, 1.807) is 0 Å². The highest BCUT2D eigenvalue weighted by molar-refractivity contribution is 5.98. The fourth-order valence-corrected chi connectivity index (χ4v) is 2.27. The summed E-state index contributed by atoms with van der Waals surface area (Å²) in [4.78, 5) is 6.77. The molecule has 1 heterocycles. The first-order chi connectivity index (χ1) is 8.25. The summed E-state index contributed by atoms with van der Waals surface area (Å²) in [5, 5.41) is 1.05. The van der Waals surface area contributed by atoms with E-state index in [2.05, 4.69) is 23.0 Å². The van der Waals surface area contributed by atoms with Crippen LogP contribution in [0.2, 0.25) is 0 Å². The molecule has 3 heteroatoms. The van der Waals surface area contributed by atoms with Gasteiger partial charge in [0.05, 0.1) is 11.2 Å². The first-order valence-corrected chi connectivity index (χ1v) is 6.10. The molecule has 0 atom stereocenters. The van der Waals surface area contributed by atoms with Gasteiger partial charge in [-0.2, -0.15) is 0 Å². The summed E-state index contributed by atoms with van der Waals surface area (Å²) in [6, 6.07) is 8.02. The van der Waals surface area contributed by atoms with Crippen molar-refractivity contribution in [1.82, 2.24) is 4.98 Å². The fourth-order valence-electron chi connectivity index (χ4n) is 2.27. The van der Waals surface area contributed by atoms with Crippen molar-refractivity contribution in [3.05, 3.63) is 30.5 Å². The Bertz CT molecular complexity index is 546. The zero-order valence-corrected chi connectivity index (χ0v) is 10.1. The summed E-state index contributed by atoms with van der Waals surface area (Å²) < 4.78 is 0. The van der Waals surface area contributed by atoms with Crippen LogP contribution in [0.5, 0.6) is 0 Å². The van der Waals surface area contributed by atoms with Crippen LogP contribution in [0.3, 0.4) is 0 Å². The highest BCUT2D eigenvalue weighted by Gasteiger charge is 2.23. The number of nitrogens with two attached hydrogens (primary N) is 1. The van der Waals surface area contributed by atoms with Crippen molar-refractivity contribution in [3.8, 4) is 0 Å². The number of hydrogen-bond donors (Lipinski definition) is 1. The van der Waals surface area contributed by atoms with E-state index < -0.39 is 0 Å². The number of benzene rings is 1. The van der Waals surface area contributed by atoms with Crippen molar-refractivity contribution in [3.63, 3.8) is 0 Å². The molecule has 1 aromatic heterocycles. The van der Waals surface area contributed by atoms with E-state index in [1.807, 2.05) is 24.4 Å². The van der Waals surface area contributed by atoms with E-state index in [0.717, 1.165) is 29.1 Å².